The minimum absolute atomic E-state index is 0.0642. The predicted octanol–water partition coefficient (Wildman–Crippen LogP) is 5.10. The molecule has 1 aromatic heterocycles. The van der Waals surface area contributed by atoms with Crippen molar-refractivity contribution < 1.29 is 31.1 Å². The maximum Gasteiger partial charge on any atom is 0.417 e. The van der Waals surface area contributed by atoms with E-state index in [0.29, 0.717) is 17.2 Å². The number of likely N-dealkylation sites (tertiary alicyclic amines) is 1. The first-order chi connectivity index (χ1) is 13.9. The van der Waals surface area contributed by atoms with Gasteiger partial charge in [-0.1, -0.05) is 6.07 Å². The van der Waals surface area contributed by atoms with Crippen LogP contribution in [0.3, 0.4) is 0 Å². The van der Waals surface area contributed by atoms with E-state index in [9.17, 15) is 31.1 Å². The van der Waals surface area contributed by atoms with Crippen molar-refractivity contribution in [2.24, 2.45) is 0 Å². The number of pyridine rings is 1. The molecule has 2 aromatic rings. The number of carbonyl (C=O) groups excluding carboxylic acids is 1. The first kappa shape index (κ1) is 21.8. The lowest BCUT2D eigenvalue weighted by Crippen LogP contribution is -2.34. The normalized spacial score (nSPS) is 19.0. The van der Waals surface area contributed by atoms with Gasteiger partial charge >= 0.3 is 12.4 Å². The Bertz CT molecular complexity index is 1010. The van der Waals surface area contributed by atoms with E-state index in [2.05, 4.69) is 4.98 Å². The van der Waals surface area contributed by atoms with Crippen LogP contribution in [0.4, 0.5) is 26.3 Å². The predicted molar refractivity (Wildman–Crippen MR) is 99.1 cm³/mol. The SMILES string of the molecule is CN1CC(=Cc2ccncc2)C(=O)/C(=C/c2ccc(C(F)(F)F)cc2C(F)(F)F)C1. The maximum atomic E-state index is 13.4. The first-order valence-corrected chi connectivity index (χ1v) is 8.78. The summed E-state index contributed by atoms with van der Waals surface area (Å²) in [4.78, 5) is 18.4. The number of carbonyl (C=O) groups is 1. The molecule has 0 unspecified atom stereocenters. The number of halogens is 6. The van der Waals surface area contributed by atoms with Gasteiger partial charge in [-0.25, -0.2) is 0 Å². The van der Waals surface area contributed by atoms with Gasteiger partial charge in [-0.2, -0.15) is 26.3 Å². The van der Waals surface area contributed by atoms with E-state index < -0.39 is 34.8 Å². The molecule has 2 heterocycles. The van der Waals surface area contributed by atoms with E-state index in [1.54, 1.807) is 30.2 Å². The molecule has 1 aliphatic rings. The molecular formula is C21H16F6N2O. The molecule has 0 aliphatic carbocycles. The summed E-state index contributed by atoms with van der Waals surface area (Å²) in [6, 6.07) is 4.74. The number of Topliss-reactive ketones (excluding diaryl/α,β-unsaturated/α-hetero) is 1. The van der Waals surface area contributed by atoms with Crippen molar-refractivity contribution in [3.63, 3.8) is 0 Å². The van der Waals surface area contributed by atoms with Crippen LogP contribution in [0.2, 0.25) is 0 Å². The molecular weight excluding hydrogens is 410 g/mol. The highest BCUT2D eigenvalue weighted by Gasteiger charge is 2.38. The Hall–Kier alpha value is -2.94. The fraction of sp³-hybridized carbons (Fsp3) is 0.238. The lowest BCUT2D eigenvalue weighted by Gasteiger charge is -2.26. The number of hydrogen-bond donors (Lipinski definition) is 0. The monoisotopic (exact) mass is 426 g/mol. The molecule has 158 valence electrons. The van der Waals surface area contributed by atoms with E-state index >= 15 is 0 Å². The van der Waals surface area contributed by atoms with Crippen LogP contribution >= 0.6 is 0 Å². The Kier molecular flexibility index (Phi) is 5.85. The van der Waals surface area contributed by atoms with Crippen molar-refractivity contribution in [1.82, 2.24) is 9.88 Å². The van der Waals surface area contributed by atoms with Gasteiger partial charge in [-0.3, -0.25) is 14.7 Å². The smallest absolute Gasteiger partial charge is 0.298 e. The topological polar surface area (TPSA) is 33.2 Å². The molecule has 30 heavy (non-hydrogen) atoms. The zero-order valence-electron chi connectivity index (χ0n) is 15.7. The number of ketones is 1. The largest absolute Gasteiger partial charge is 0.417 e. The summed E-state index contributed by atoms with van der Waals surface area (Å²) in [6.07, 6.45) is -4.21. The second-order valence-corrected chi connectivity index (χ2v) is 6.92. The molecule has 1 saturated heterocycles. The number of rotatable bonds is 2. The van der Waals surface area contributed by atoms with Crippen LogP contribution in [0.5, 0.6) is 0 Å². The third-order valence-electron chi connectivity index (χ3n) is 4.53. The van der Waals surface area contributed by atoms with E-state index in [0.717, 1.165) is 12.1 Å². The Morgan fingerprint density at radius 1 is 0.900 bits per heavy atom. The summed E-state index contributed by atoms with van der Waals surface area (Å²) in [5.41, 5.74) is -2.20. The highest BCUT2D eigenvalue weighted by molar-refractivity contribution is 6.14. The Morgan fingerprint density at radius 3 is 2.07 bits per heavy atom. The van der Waals surface area contributed by atoms with Crippen LogP contribution in [0.25, 0.3) is 12.2 Å². The number of likely N-dealkylation sites (N-methyl/N-ethyl adjacent to an activating group) is 1. The van der Waals surface area contributed by atoms with Gasteiger partial charge in [0.2, 0.25) is 0 Å². The fourth-order valence-corrected chi connectivity index (χ4v) is 3.16. The maximum absolute atomic E-state index is 13.4. The number of hydrogen-bond acceptors (Lipinski definition) is 3. The average Bonchev–Trinajstić information content (AvgIpc) is 2.65. The second kappa shape index (κ2) is 8.06. The van der Waals surface area contributed by atoms with Crippen LogP contribution in [-0.4, -0.2) is 35.8 Å². The summed E-state index contributed by atoms with van der Waals surface area (Å²) >= 11 is 0. The molecule has 0 amide bonds. The summed E-state index contributed by atoms with van der Waals surface area (Å²) in [5, 5.41) is 0. The van der Waals surface area contributed by atoms with Crippen LogP contribution < -0.4 is 0 Å². The van der Waals surface area contributed by atoms with Gasteiger partial charge in [0.15, 0.2) is 5.78 Å². The van der Waals surface area contributed by atoms with Gasteiger partial charge in [0, 0.05) is 36.6 Å². The van der Waals surface area contributed by atoms with Crippen molar-refractivity contribution in [1.29, 1.82) is 0 Å². The average molecular weight is 426 g/mol. The summed E-state index contributed by atoms with van der Waals surface area (Å²) in [6.45, 7) is 0.364. The molecule has 1 aromatic carbocycles. The van der Waals surface area contributed by atoms with Crippen molar-refractivity contribution in [2.45, 2.75) is 12.4 Å². The van der Waals surface area contributed by atoms with E-state index in [4.69, 9.17) is 0 Å². The lowest BCUT2D eigenvalue weighted by atomic mass is 9.93. The summed E-state index contributed by atoms with van der Waals surface area (Å²) in [5.74, 6) is -0.446. The molecule has 3 rings (SSSR count). The summed E-state index contributed by atoms with van der Waals surface area (Å²) < 4.78 is 78.8. The Balaban J connectivity index is 2.05. The molecule has 0 atom stereocenters. The quantitative estimate of drug-likeness (QED) is 0.495. The van der Waals surface area contributed by atoms with Crippen molar-refractivity contribution in [3.8, 4) is 0 Å². The van der Waals surface area contributed by atoms with Gasteiger partial charge in [0.1, 0.15) is 0 Å². The molecule has 0 radical (unpaired) electrons. The Labute approximate surface area is 168 Å². The molecule has 0 saturated carbocycles. The second-order valence-electron chi connectivity index (χ2n) is 6.92. The van der Waals surface area contributed by atoms with E-state index in [1.165, 1.54) is 12.4 Å². The van der Waals surface area contributed by atoms with Gasteiger partial charge < -0.3 is 0 Å². The summed E-state index contributed by atoms with van der Waals surface area (Å²) in [7, 11) is 1.69. The molecule has 9 heteroatoms. The zero-order chi connectivity index (χ0) is 22.1. The number of aromatic nitrogens is 1. The van der Waals surface area contributed by atoms with Gasteiger partial charge in [0.05, 0.1) is 11.1 Å². The number of nitrogens with zero attached hydrogens (tertiary/aromatic N) is 2. The van der Waals surface area contributed by atoms with Crippen molar-refractivity contribution >= 4 is 17.9 Å². The number of benzene rings is 1. The number of alkyl halides is 6. The van der Waals surface area contributed by atoms with Crippen molar-refractivity contribution in [2.75, 3.05) is 20.1 Å². The number of piperidine rings is 1. The van der Waals surface area contributed by atoms with E-state index in [1.807, 2.05) is 0 Å². The van der Waals surface area contributed by atoms with Gasteiger partial charge in [-0.15, -0.1) is 0 Å². The minimum Gasteiger partial charge on any atom is -0.298 e. The van der Waals surface area contributed by atoms with Crippen LogP contribution in [0.1, 0.15) is 22.3 Å². The Morgan fingerprint density at radius 2 is 1.50 bits per heavy atom. The highest BCUT2D eigenvalue weighted by atomic mass is 19.4. The minimum atomic E-state index is -5.01. The van der Waals surface area contributed by atoms with Crippen LogP contribution in [-0.2, 0) is 17.1 Å². The zero-order valence-corrected chi connectivity index (χ0v) is 15.7. The van der Waals surface area contributed by atoms with Crippen LogP contribution in [0.15, 0.2) is 53.9 Å². The fourth-order valence-electron chi connectivity index (χ4n) is 3.16. The van der Waals surface area contributed by atoms with Gasteiger partial charge in [-0.05, 0) is 54.6 Å². The standard InChI is InChI=1S/C21H16F6N2O/c1-29-11-15(8-13-4-6-28-7-5-13)19(30)16(12-29)9-14-2-3-17(20(22,23)24)10-18(14)21(25,26)27/h2-10H,11-12H2,1H3/b15-8?,16-9+. The van der Waals surface area contributed by atoms with Gasteiger partial charge in [0.25, 0.3) is 0 Å². The van der Waals surface area contributed by atoms with Crippen LogP contribution in [0, 0.1) is 0 Å². The third-order valence-corrected chi connectivity index (χ3v) is 4.53. The first-order valence-electron chi connectivity index (χ1n) is 8.78. The molecule has 0 spiro atoms. The van der Waals surface area contributed by atoms with E-state index in [-0.39, 0.29) is 24.7 Å². The molecule has 3 nitrogen and oxygen atoms in total. The highest BCUT2D eigenvalue weighted by Crippen LogP contribution is 2.38. The van der Waals surface area contributed by atoms with Crippen molar-refractivity contribution in [3.05, 3.63) is 76.1 Å². The molecule has 0 N–H and O–H groups in total. The lowest BCUT2D eigenvalue weighted by molar-refractivity contribution is -0.143. The third kappa shape index (κ3) is 4.96. The molecule has 1 aliphatic heterocycles. The molecule has 0 bridgehead atoms. The molecule has 1 fully saturated rings.